The molecule has 0 saturated carbocycles. The molecule has 7 nitrogen and oxygen atoms in total. The molecule has 0 aliphatic rings. The Morgan fingerprint density at radius 2 is 1.95 bits per heavy atom. The molecule has 1 aromatic carbocycles. The topological polar surface area (TPSA) is 101 Å². The minimum absolute atomic E-state index is 0.0166. The number of hydrogen-bond acceptors (Lipinski definition) is 5. The molecular weight excluding hydrogens is 262 g/mol. The van der Waals surface area contributed by atoms with Gasteiger partial charge in [-0.05, 0) is 5.56 Å². The molecule has 0 radical (unpaired) electrons. The Labute approximate surface area is 114 Å². The summed E-state index contributed by atoms with van der Waals surface area (Å²) in [6.45, 7) is 0.110. The van der Waals surface area contributed by atoms with Crippen LogP contribution in [0, 0.1) is 0 Å². The third kappa shape index (κ3) is 3.77. The Kier molecular flexibility index (Phi) is 4.23. The molecule has 0 bridgehead atoms. The van der Waals surface area contributed by atoms with E-state index in [1.165, 1.54) is 6.20 Å². The number of nitrogens with zero attached hydrogens (tertiary/aromatic N) is 2. The van der Waals surface area contributed by atoms with Gasteiger partial charge in [0.05, 0.1) is 12.4 Å². The van der Waals surface area contributed by atoms with E-state index in [4.69, 9.17) is 9.84 Å². The quantitative estimate of drug-likeness (QED) is 0.882. The number of benzene rings is 1. The molecule has 2 aromatic rings. The molecule has 1 aromatic heterocycles. The molecule has 2 N–H and O–H groups in total. The van der Waals surface area contributed by atoms with Gasteiger partial charge in [-0.25, -0.2) is 14.6 Å². The smallest absolute Gasteiger partial charge is 0.413 e. The van der Waals surface area contributed by atoms with Crippen LogP contribution in [0.2, 0.25) is 0 Å². The minimum atomic E-state index is -1.22. The third-order valence-electron chi connectivity index (χ3n) is 2.30. The van der Waals surface area contributed by atoms with Crippen LogP contribution in [0.3, 0.4) is 0 Å². The van der Waals surface area contributed by atoms with E-state index >= 15 is 0 Å². The van der Waals surface area contributed by atoms with E-state index in [0.29, 0.717) is 0 Å². The van der Waals surface area contributed by atoms with Gasteiger partial charge in [0, 0.05) is 0 Å². The number of nitrogens with one attached hydrogen (secondary N) is 1. The first-order valence-corrected chi connectivity index (χ1v) is 5.68. The first kappa shape index (κ1) is 13.5. The molecule has 0 saturated heterocycles. The van der Waals surface area contributed by atoms with Crippen molar-refractivity contribution in [3.63, 3.8) is 0 Å². The van der Waals surface area contributed by atoms with Crippen LogP contribution in [-0.4, -0.2) is 27.1 Å². The summed E-state index contributed by atoms with van der Waals surface area (Å²) in [5, 5.41) is 11.1. The van der Waals surface area contributed by atoms with E-state index in [1.807, 2.05) is 30.3 Å². The fourth-order valence-electron chi connectivity index (χ4n) is 1.39. The number of hydrogen-bond donors (Lipinski definition) is 2. The Hall–Kier alpha value is -2.96. The van der Waals surface area contributed by atoms with Crippen molar-refractivity contribution in [1.82, 2.24) is 9.97 Å². The van der Waals surface area contributed by atoms with Crippen molar-refractivity contribution in [3.05, 3.63) is 54.0 Å². The van der Waals surface area contributed by atoms with E-state index in [9.17, 15) is 9.59 Å². The zero-order valence-electron chi connectivity index (χ0n) is 10.3. The van der Waals surface area contributed by atoms with Crippen molar-refractivity contribution in [1.29, 1.82) is 0 Å². The third-order valence-corrected chi connectivity index (χ3v) is 2.30. The zero-order valence-corrected chi connectivity index (χ0v) is 10.3. The Balaban J connectivity index is 1.91. The van der Waals surface area contributed by atoms with Crippen molar-refractivity contribution in [3.8, 4) is 0 Å². The summed E-state index contributed by atoms with van der Waals surface area (Å²) in [6.07, 6.45) is 1.59. The maximum absolute atomic E-state index is 11.5. The lowest BCUT2D eigenvalue weighted by atomic mass is 10.2. The number of ether oxygens (including phenoxy) is 1. The zero-order chi connectivity index (χ0) is 14.4. The fourth-order valence-corrected chi connectivity index (χ4v) is 1.39. The second-order valence-electron chi connectivity index (χ2n) is 3.78. The van der Waals surface area contributed by atoms with E-state index in [0.717, 1.165) is 11.8 Å². The van der Waals surface area contributed by atoms with Crippen LogP contribution < -0.4 is 5.32 Å². The van der Waals surface area contributed by atoms with E-state index in [-0.39, 0.29) is 18.1 Å². The monoisotopic (exact) mass is 273 g/mol. The SMILES string of the molecule is O=C(Nc1cncc(C(=O)O)n1)OCc1ccccc1. The van der Waals surface area contributed by atoms with E-state index in [2.05, 4.69) is 15.3 Å². The number of carbonyl (C=O) groups is 2. The summed E-state index contributed by atoms with van der Waals surface area (Å²) in [7, 11) is 0. The van der Waals surface area contributed by atoms with Crippen LogP contribution in [0.5, 0.6) is 0 Å². The molecule has 7 heteroatoms. The molecule has 0 spiro atoms. The number of rotatable bonds is 4. The summed E-state index contributed by atoms with van der Waals surface area (Å²) in [5.41, 5.74) is 0.582. The summed E-state index contributed by atoms with van der Waals surface area (Å²) in [6, 6.07) is 9.16. The van der Waals surface area contributed by atoms with Gasteiger partial charge in [0.25, 0.3) is 0 Å². The second kappa shape index (κ2) is 6.28. The molecule has 0 aliphatic carbocycles. The molecule has 0 atom stereocenters. The number of aromatic carboxylic acids is 1. The largest absolute Gasteiger partial charge is 0.476 e. The number of anilines is 1. The summed E-state index contributed by atoms with van der Waals surface area (Å²) < 4.78 is 4.97. The number of carbonyl (C=O) groups excluding carboxylic acids is 1. The molecule has 1 amide bonds. The van der Waals surface area contributed by atoms with Crippen molar-refractivity contribution in [2.75, 3.05) is 5.32 Å². The Morgan fingerprint density at radius 1 is 1.20 bits per heavy atom. The minimum Gasteiger partial charge on any atom is -0.476 e. The van der Waals surface area contributed by atoms with Gasteiger partial charge in [0.1, 0.15) is 6.61 Å². The van der Waals surface area contributed by atoms with Gasteiger partial charge in [-0.2, -0.15) is 0 Å². The predicted molar refractivity (Wildman–Crippen MR) is 69.2 cm³/mol. The molecule has 2 rings (SSSR count). The van der Waals surface area contributed by atoms with Crippen molar-refractivity contribution < 1.29 is 19.4 Å². The van der Waals surface area contributed by atoms with Crippen LogP contribution in [0.15, 0.2) is 42.7 Å². The van der Waals surface area contributed by atoms with Crippen molar-refractivity contribution in [2.24, 2.45) is 0 Å². The summed E-state index contributed by atoms with van der Waals surface area (Å²) >= 11 is 0. The lowest BCUT2D eigenvalue weighted by molar-refractivity contribution is 0.0690. The maximum atomic E-state index is 11.5. The number of carboxylic acid groups (broad SMARTS) is 1. The first-order chi connectivity index (χ1) is 9.65. The highest BCUT2D eigenvalue weighted by molar-refractivity contribution is 5.87. The average Bonchev–Trinajstić information content (AvgIpc) is 2.46. The maximum Gasteiger partial charge on any atom is 0.413 e. The van der Waals surface area contributed by atoms with E-state index in [1.54, 1.807) is 0 Å². The highest BCUT2D eigenvalue weighted by Gasteiger charge is 2.09. The molecule has 1 heterocycles. The molecule has 20 heavy (non-hydrogen) atoms. The van der Waals surface area contributed by atoms with Crippen LogP contribution in [0.1, 0.15) is 16.1 Å². The predicted octanol–water partition coefficient (Wildman–Crippen LogP) is 1.92. The van der Waals surface area contributed by atoms with Crippen LogP contribution in [0.4, 0.5) is 10.6 Å². The van der Waals surface area contributed by atoms with Crippen LogP contribution >= 0.6 is 0 Å². The van der Waals surface area contributed by atoms with Crippen LogP contribution in [-0.2, 0) is 11.3 Å². The number of carboxylic acids is 1. The fraction of sp³-hybridized carbons (Fsp3) is 0.0769. The summed E-state index contributed by atoms with van der Waals surface area (Å²) in [4.78, 5) is 29.6. The summed E-state index contributed by atoms with van der Waals surface area (Å²) in [5.74, 6) is -1.21. The highest BCUT2D eigenvalue weighted by atomic mass is 16.5. The van der Waals surface area contributed by atoms with Gasteiger partial charge in [0.15, 0.2) is 11.5 Å². The lowest BCUT2D eigenvalue weighted by Crippen LogP contribution is -2.15. The number of amides is 1. The van der Waals surface area contributed by atoms with Crippen molar-refractivity contribution in [2.45, 2.75) is 6.61 Å². The van der Waals surface area contributed by atoms with Gasteiger partial charge in [-0.15, -0.1) is 0 Å². The van der Waals surface area contributed by atoms with Gasteiger partial charge < -0.3 is 9.84 Å². The standard InChI is InChI=1S/C13H11N3O4/c17-12(18)10-6-14-7-11(15-10)16-13(19)20-8-9-4-2-1-3-5-9/h1-7H,8H2,(H,17,18)(H,15,16,19). The highest BCUT2D eigenvalue weighted by Crippen LogP contribution is 2.05. The number of aromatic nitrogens is 2. The van der Waals surface area contributed by atoms with Gasteiger partial charge in [0.2, 0.25) is 0 Å². The van der Waals surface area contributed by atoms with Gasteiger partial charge >= 0.3 is 12.1 Å². The Bertz CT molecular complexity index is 616. The molecule has 0 unspecified atom stereocenters. The molecular formula is C13H11N3O4. The van der Waals surface area contributed by atoms with Crippen molar-refractivity contribution >= 4 is 17.9 Å². The Morgan fingerprint density at radius 3 is 2.65 bits per heavy atom. The normalized spacial score (nSPS) is 9.80. The molecule has 102 valence electrons. The molecule has 0 fully saturated rings. The average molecular weight is 273 g/mol. The second-order valence-corrected chi connectivity index (χ2v) is 3.78. The van der Waals surface area contributed by atoms with Gasteiger partial charge in [-0.1, -0.05) is 30.3 Å². The van der Waals surface area contributed by atoms with Gasteiger partial charge in [-0.3, -0.25) is 10.3 Å². The van der Waals surface area contributed by atoms with E-state index < -0.39 is 12.1 Å². The van der Waals surface area contributed by atoms with Crippen LogP contribution in [0.25, 0.3) is 0 Å². The molecule has 0 aliphatic heterocycles. The first-order valence-electron chi connectivity index (χ1n) is 5.68. The lowest BCUT2D eigenvalue weighted by Gasteiger charge is -2.06.